The van der Waals surface area contributed by atoms with Crippen molar-refractivity contribution in [1.82, 2.24) is 19.9 Å². The second-order valence-electron chi connectivity index (χ2n) is 8.73. The number of pyridine rings is 1. The van der Waals surface area contributed by atoms with Crippen LogP contribution in [0.25, 0.3) is 0 Å². The van der Waals surface area contributed by atoms with Gasteiger partial charge in [0.15, 0.2) is 0 Å². The highest BCUT2D eigenvalue weighted by atomic mass is 35.5. The van der Waals surface area contributed by atoms with Crippen LogP contribution < -0.4 is 20.2 Å². The monoisotopic (exact) mass is 520 g/mol. The molecule has 1 aliphatic heterocycles. The number of hydrogen-bond acceptors (Lipinski definition) is 10. The van der Waals surface area contributed by atoms with Crippen molar-refractivity contribution in [2.45, 2.75) is 31.8 Å². The molecule has 0 spiro atoms. The SMILES string of the molecule is COC[C@@H](C)Oc1nc(Cl)cc(N2CCC(c3nc(C(=O)N=NN)ccc3OCCN(C)C)CC2)n1. The number of rotatable bonds is 11. The molecule has 0 unspecified atom stereocenters. The average molecular weight is 521 g/mol. The molecule has 196 valence electrons. The van der Waals surface area contributed by atoms with Gasteiger partial charge in [-0.05, 0) is 46.0 Å². The van der Waals surface area contributed by atoms with Gasteiger partial charge in [-0.15, -0.1) is 0 Å². The lowest BCUT2D eigenvalue weighted by atomic mass is 9.92. The third-order valence-electron chi connectivity index (χ3n) is 5.62. The number of halogens is 1. The standard InChI is InChI=1S/C23H33ClN8O4/c1-15(14-34-4)36-23-27-19(24)13-20(28-23)32-9-7-16(8-10-32)21-18(35-12-11-31(2)3)6-5-17(26-21)22(33)29-30-25/h5-6,13,15-16H,7-12,14H2,1-4H3,(H2,25,29,33)/t15-/m1/s1. The van der Waals surface area contributed by atoms with Crippen LogP contribution in [-0.2, 0) is 4.74 Å². The summed E-state index contributed by atoms with van der Waals surface area (Å²) in [6.07, 6.45) is 1.33. The lowest BCUT2D eigenvalue weighted by Crippen LogP contribution is -2.34. The molecule has 0 bridgehead atoms. The minimum atomic E-state index is -0.595. The zero-order chi connectivity index (χ0) is 26.1. The maximum atomic E-state index is 12.2. The Morgan fingerprint density at radius 2 is 2.03 bits per heavy atom. The number of methoxy groups -OCH3 is 1. The van der Waals surface area contributed by atoms with Gasteiger partial charge in [0.1, 0.15) is 35.1 Å². The Labute approximate surface area is 215 Å². The fourth-order valence-corrected chi connectivity index (χ4v) is 4.04. The van der Waals surface area contributed by atoms with Crippen LogP contribution >= 0.6 is 11.6 Å². The first kappa shape index (κ1) is 27.5. The number of carbonyl (C=O) groups is 1. The van der Waals surface area contributed by atoms with Crippen LogP contribution in [0, 0.1) is 0 Å². The van der Waals surface area contributed by atoms with Crippen molar-refractivity contribution < 1.29 is 19.0 Å². The minimum absolute atomic E-state index is 0.0768. The first-order chi connectivity index (χ1) is 17.3. The quantitative estimate of drug-likeness (QED) is 0.203. The third-order valence-corrected chi connectivity index (χ3v) is 5.82. The smallest absolute Gasteiger partial charge is 0.320 e. The molecule has 1 atom stereocenters. The first-order valence-electron chi connectivity index (χ1n) is 11.7. The van der Waals surface area contributed by atoms with Crippen LogP contribution in [0.15, 0.2) is 28.5 Å². The number of nitrogens with two attached hydrogens (primary N) is 1. The summed E-state index contributed by atoms with van der Waals surface area (Å²) in [6, 6.07) is 5.28. The van der Waals surface area contributed by atoms with Gasteiger partial charge >= 0.3 is 11.9 Å². The van der Waals surface area contributed by atoms with E-state index in [1.807, 2.05) is 25.9 Å². The van der Waals surface area contributed by atoms with Crippen LogP contribution in [0.2, 0.25) is 5.15 Å². The molecule has 2 N–H and O–H groups in total. The van der Waals surface area contributed by atoms with Crippen molar-refractivity contribution >= 4 is 23.3 Å². The largest absolute Gasteiger partial charge is 0.490 e. The summed E-state index contributed by atoms with van der Waals surface area (Å²) >= 11 is 6.24. The summed E-state index contributed by atoms with van der Waals surface area (Å²) in [7, 11) is 5.56. The molecule has 2 aromatic rings. The molecule has 36 heavy (non-hydrogen) atoms. The molecule has 0 aromatic carbocycles. The molecule has 1 aliphatic rings. The molecule has 1 saturated heterocycles. The molecule has 0 saturated carbocycles. The van der Waals surface area contributed by atoms with Gasteiger partial charge in [0.05, 0.1) is 12.3 Å². The van der Waals surface area contributed by atoms with Crippen molar-refractivity contribution in [3.63, 3.8) is 0 Å². The van der Waals surface area contributed by atoms with Crippen molar-refractivity contribution in [3.05, 3.63) is 34.7 Å². The molecule has 12 nitrogen and oxygen atoms in total. The molecule has 13 heteroatoms. The van der Waals surface area contributed by atoms with Gasteiger partial charge in [-0.3, -0.25) is 4.79 Å². The lowest BCUT2D eigenvalue weighted by molar-refractivity contribution is 0.0856. The van der Waals surface area contributed by atoms with Crippen LogP contribution in [-0.4, -0.2) is 85.9 Å². The lowest BCUT2D eigenvalue weighted by Gasteiger charge is -2.33. The fourth-order valence-electron chi connectivity index (χ4n) is 3.87. The predicted molar refractivity (Wildman–Crippen MR) is 135 cm³/mol. The Morgan fingerprint density at radius 3 is 2.69 bits per heavy atom. The molecule has 3 heterocycles. The van der Waals surface area contributed by atoms with Gasteiger partial charge < -0.3 is 29.9 Å². The van der Waals surface area contributed by atoms with Crippen molar-refractivity contribution in [2.24, 2.45) is 16.2 Å². The summed E-state index contributed by atoms with van der Waals surface area (Å²) in [5, 5.41) is 6.78. The molecule has 3 rings (SSSR count). The van der Waals surface area contributed by atoms with E-state index in [2.05, 4.69) is 30.2 Å². The van der Waals surface area contributed by atoms with E-state index in [9.17, 15) is 4.79 Å². The molecule has 1 fully saturated rings. The van der Waals surface area contributed by atoms with Crippen molar-refractivity contribution in [2.75, 3.05) is 59.0 Å². The highest BCUT2D eigenvalue weighted by molar-refractivity contribution is 6.29. The zero-order valence-corrected chi connectivity index (χ0v) is 21.8. The Balaban J connectivity index is 1.75. The molecule has 0 aliphatic carbocycles. The zero-order valence-electron chi connectivity index (χ0n) is 21.1. The van der Waals surface area contributed by atoms with Gasteiger partial charge in [0.2, 0.25) is 0 Å². The number of piperidine rings is 1. The second kappa shape index (κ2) is 13.3. The number of ether oxygens (including phenoxy) is 3. The summed E-state index contributed by atoms with van der Waals surface area (Å²) in [5.74, 6) is 5.87. The van der Waals surface area contributed by atoms with E-state index in [1.165, 1.54) is 0 Å². The van der Waals surface area contributed by atoms with Crippen molar-refractivity contribution in [1.29, 1.82) is 0 Å². The van der Waals surface area contributed by atoms with Crippen molar-refractivity contribution in [3.8, 4) is 11.8 Å². The topological polar surface area (TPSA) is 141 Å². The third kappa shape index (κ3) is 7.70. The molecule has 0 radical (unpaired) electrons. The second-order valence-corrected chi connectivity index (χ2v) is 9.12. The highest BCUT2D eigenvalue weighted by Gasteiger charge is 2.27. The number of aromatic nitrogens is 3. The van der Waals surface area contributed by atoms with Crippen LogP contribution in [0.4, 0.5) is 5.82 Å². The Morgan fingerprint density at radius 1 is 1.28 bits per heavy atom. The minimum Gasteiger partial charge on any atom is -0.490 e. The van der Waals surface area contributed by atoms with Gasteiger partial charge in [0, 0.05) is 38.7 Å². The van der Waals surface area contributed by atoms with E-state index in [-0.39, 0.29) is 23.7 Å². The maximum absolute atomic E-state index is 12.2. The summed E-state index contributed by atoms with van der Waals surface area (Å²) in [6.45, 7) is 4.94. The Hall–Kier alpha value is -3.09. The Bertz CT molecular complexity index is 1050. The number of nitrogens with zero attached hydrogens (tertiary/aromatic N) is 7. The van der Waals surface area contributed by atoms with Gasteiger partial charge in [-0.1, -0.05) is 21.9 Å². The van der Waals surface area contributed by atoms with E-state index >= 15 is 0 Å². The fraction of sp³-hybridized carbons (Fsp3) is 0.565. The molecule has 1 amide bonds. The molecular formula is C23H33ClN8O4. The number of carbonyl (C=O) groups excluding carboxylic acids is 1. The number of likely N-dealkylation sites (N-methyl/N-ethyl adjacent to an activating group) is 1. The molecular weight excluding hydrogens is 488 g/mol. The first-order valence-corrected chi connectivity index (χ1v) is 12.1. The van der Waals surface area contributed by atoms with Gasteiger partial charge in [0.25, 0.3) is 0 Å². The van der Waals surface area contributed by atoms with E-state index in [0.29, 0.717) is 43.0 Å². The van der Waals surface area contributed by atoms with Crippen LogP contribution in [0.1, 0.15) is 41.9 Å². The van der Waals surface area contributed by atoms with Crippen LogP contribution in [0.5, 0.6) is 11.8 Å². The number of hydrogen-bond donors (Lipinski definition) is 1. The summed E-state index contributed by atoms with van der Waals surface area (Å²) in [4.78, 5) is 29.7. The van der Waals surface area contributed by atoms with Gasteiger partial charge in [-0.25, -0.2) is 4.98 Å². The predicted octanol–water partition coefficient (Wildman–Crippen LogP) is 2.73. The number of anilines is 1. The normalized spacial score (nSPS) is 15.4. The van der Waals surface area contributed by atoms with Gasteiger partial charge in [-0.2, -0.15) is 9.97 Å². The van der Waals surface area contributed by atoms with E-state index in [4.69, 9.17) is 31.7 Å². The van der Waals surface area contributed by atoms with E-state index < -0.39 is 5.91 Å². The average Bonchev–Trinajstić information content (AvgIpc) is 2.84. The highest BCUT2D eigenvalue weighted by Crippen LogP contribution is 2.35. The molecule has 2 aromatic heterocycles. The summed E-state index contributed by atoms with van der Waals surface area (Å²) in [5.41, 5.74) is 0.903. The van der Waals surface area contributed by atoms with E-state index in [0.717, 1.165) is 25.1 Å². The number of amides is 1. The Kier molecular flexibility index (Phi) is 10.1. The maximum Gasteiger partial charge on any atom is 0.320 e. The van der Waals surface area contributed by atoms with Crippen LogP contribution in [0.3, 0.4) is 0 Å². The summed E-state index contributed by atoms with van der Waals surface area (Å²) < 4.78 is 16.9. The van der Waals surface area contributed by atoms with E-state index in [1.54, 1.807) is 25.3 Å².